The summed E-state index contributed by atoms with van der Waals surface area (Å²) in [5.41, 5.74) is 2.00. The maximum Gasteiger partial charge on any atom is 0.586 e. The standard InChI is InChI=1S/C19H12ClF2N3O4/c20-16-4-2-11-12(8-23-17(11)24-16)18(26)25-5-6-27-9-13(25)10-1-3-14-15(7-10)29-19(21,22)28-14/h1-4,7-8H,5-6,9H2/p+1. The van der Waals surface area contributed by atoms with Gasteiger partial charge in [0, 0.05) is 17.1 Å². The van der Waals surface area contributed by atoms with Gasteiger partial charge in [0.2, 0.25) is 5.71 Å². The summed E-state index contributed by atoms with van der Waals surface area (Å²) >= 11 is 5.90. The number of alkyl halides is 2. The van der Waals surface area contributed by atoms with Crippen LogP contribution in [0.3, 0.4) is 0 Å². The van der Waals surface area contributed by atoms with Crippen LogP contribution in [0.25, 0.3) is 11.0 Å². The minimum atomic E-state index is -3.71. The van der Waals surface area contributed by atoms with E-state index in [1.54, 1.807) is 29.0 Å². The third-order valence-corrected chi connectivity index (χ3v) is 4.95. The summed E-state index contributed by atoms with van der Waals surface area (Å²) in [6.45, 7) is 0.810. The first-order chi connectivity index (χ1) is 13.9. The Hall–Kier alpha value is -3.04. The molecule has 0 fully saturated rings. The summed E-state index contributed by atoms with van der Waals surface area (Å²) in [6.07, 6.45) is -2.13. The quantitative estimate of drug-likeness (QED) is 0.509. The fraction of sp³-hybridized carbons (Fsp3) is 0.211. The topological polar surface area (TPSA) is 76.5 Å². The number of amides is 1. The maximum atomic E-state index is 13.3. The van der Waals surface area contributed by atoms with Crippen molar-refractivity contribution in [2.75, 3.05) is 19.8 Å². The van der Waals surface area contributed by atoms with Crippen LogP contribution >= 0.6 is 11.6 Å². The van der Waals surface area contributed by atoms with E-state index in [4.69, 9.17) is 16.3 Å². The molecular weight excluding hydrogens is 408 g/mol. The number of aromatic amines is 1. The van der Waals surface area contributed by atoms with Crippen molar-refractivity contribution in [3.8, 4) is 11.5 Å². The van der Waals surface area contributed by atoms with Crippen LogP contribution in [0.4, 0.5) is 8.78 Å². The molecule has 10 heteroatoms. The lowest BCUT2D eigenvalue weighted by Gasteiger charge is -2.14. The summed E-state index contributed by atoms with van der Waals surface area (Å²) < 4.78 is 42.7. The lowest BCUT2D eigenvalue weighted by molar-refractivity contribution is -0.443. The van der Waals surface area contributed by atoms with Crippen molar-refractivity contribution >= 4 is 34.3 Å². The Morgan fingerprint density at radius 1 is 1.21 bits per heavy atom. The SMILES string of the molecule is O=C(c1c[nH]c2nc(Cl)ccc12)[N+]1=C(c2ccc3c(c2)OC(F)(F)O3)COCC1. The molecule has 2 aliphatic rings. The van der Waals surface area contributed by atoms with Gasteiger partial charge in [-0.15, -0.1) is 8.78 Å². The van der Waals surface area contributed by atoms with Crippen molar-refractivity contribution < 1.29 is 32.4 Å². The Morgan fingerprint density at radius 2 is 2.03 bits per heavy atom. The van der Waals surface area contributed by atoms with E-state index in [-0.39, 0.29) is 24.0 Å². The number of H-pyrrole nitrogens is 1. The van der Waals surface area contributed by atoms with Gasteiger partial charge < -0.3 is 19.2 Å². The number of hydrogen-bond acceptors (Lipinski definition) is 5. The summed E-state index contributed by atoms with van der Waals surface area (Å²) in [5, 5.41) is 0.949. The highest BCUT2D eigenvalue weighted by Crippen LogP contribution is 2.41. The predicted octanol–water partition coefficient (Wildman–Crippen LogP) is 3.21. The van der Waals surface area contributed by atoms with Crippen LogP contribution in [-0.2, 0) is 4.74 Å². The molecule has 0 aliphatic carbocycles. The Morgan fingerprint density at radius 3 is 2.90 bits per heavy atom. The number of carbonyl (C=O) groups is 1. The lowest BCUT2D eigenvalue weighted by Crippen LogP contribution is -2.38. The molecule has 0 unspecified atom stereocenters. The number of nitrogens with zero attached hydrogens (tertiary/aromatic N) is 2. The minimum absolute atomic E-state index is 0.0615. The molecule has 5 rings (SSSR count). The molecule has 0 atom stereocenters. The summed E-state index contributed by atoms with van der Waals surface area (Å²) in [6, 6.07) is 7.71. The molecule has 2 aromatic heterocycles. The van der Waals surface area contributed by atoms with E-state index in [1.165, 1.54) is 12.1 Å². The Bertz CT molecular complexity index is 1190. The highest BCUT2D eigenvalue weighted by atomic mass is 35.5. The summed E-state index contributed by atoms with van der Waals surface area (Å²) in [5.74, 6) is -0.417. The second-order valence-electron chi connectivity index (χ2n) is 6.52. The van der Waals surface area contributed by atoms with Crippen molar-refractivity contribution in [2.24, 2.45) is 0 Å². The summed E-state index contributed by atoms with van der Waals surface area (Å²) in [4.78, 5) is 20.4. The van der Waals surface area contributed by atoms with Gasteiger partial charge >= 0.3 is 12.2 Å². The first-order valence-electron chi connectivity index (χ1n) is 8.71. The van der Waals surface area contributed by atoms with Gasteiger partial charge in [-0.25, -0.2) is 9.78 Å². The lowest BCUT2D eigenvalue weighted by atomic mass is 10.1. The van der Waals surface area contributed by atoms with Crippen molar-refractivity contribution in [3.05, 3.63) is 52.8 Å². The molecule has 4 heterocycles. The molecule has 0 saturated carbocycles. The number of nitrogens with one attached hydrogen (secondary N) is 1. The number of ether oxygens (including phenoxy) is 3. The minimum Gasteiger partial charge on any atom is -0.395 e. The Labute approximate surface area is 167 Å². The zero-order chi connectivity index (χ0) is 20.2. The van der Waals surface area contributed by atoms with Gasteiger partial charge in [0.05, 0.1) is 0 Å². The van der Waals surface area contributed by atoms with Gasteiger partial charge in [0.15, 0.2) is 18.0 Å². The molecule has 0 saturated heterocycles. The third kappa shape index (κ3) is 3.12. The molecule has 0 spiro atoms. The van der Waals surface area contributed by atoms with Crippen molar-refractivity contribution in [2.45, 2.75) is 6.29 Å². The van der Waals surface area contributed by atoms with Crippen LogP contribution in [0.1, 0.15) is 15.9 Å². The van der Waals surface area contributed by atoms with Crippen LogP contribution in [0.15, 0.2) is 36.5 Å². The van der Waals surface area contributed by atoms with Crippen LogP contribution < -0.4 is 9.47 Å². The van der Waals surface area contributed by atoms with Crippen LogP contribution in [0, 0.1) is 0 Å². The number of fused-ring (bicyclic) bond motifs is 2. The molecule has 1 N–H and O–H groups in total. The molecule has 1 aromatic carbocycles. The van der Waals surface area contributed by atoms with Crippen molar-refractivity contribution in [1.29, 1.82) is 0 Å². The van der Waals surface area contributed by atoms with Gasteiger partial charge in [0.25, 0.3) is 0 Å². The van der Waals surface area contributed by atoms with Crippen LogP contribution in [0.2, 0.25) is 5.15 Å². The summed E-state index contributed by atoms with van der Waals surface area (Å²) in [7, 11) is 0. The Balaban J connectivity index is 1.58. The zero-order valence-electron chi connectivity index (χ0n) is 14.7. The van der Waals surface area contributed by atoms with Gasteiger partial charge in [-0.3, -0.25) is 0 Å². The molecule has 7 nitrogen and oxygen atoms in total. The monoisotopic (exact) mass is 420 g/mol. The highest BCUT2D eigenvalue weighted by Gasteiger charge is 2.44. The number of benzene rings is 1. The second-order valence-corrected chi connectivity index (χ2v) is 6.90. The van der Waals surface area contributed by atoms with E-state index >= 15 is 0 Å². The van der Waals surface area contributed by atoms with Gasteiger partial charge in [-0.1, -0.05) is 11.6 Å². The number of pyridine rings is 1. The average Bonchev–Trinajstić information content (AvgIpc) is 3.25. The van der Waals surface area contributed by atoms with Crippen LogP contribution in [0.5, 0.6) is 11.5 Å². The van der Waals surface area contributed by atoms with E-state index < -0.39 is 6.29 Å². The van der Waals surface area contributed by atoms with E-state index in [1.807, 2.05) is 0 Å². The number of aromatic nitrogens is 2. The molecule has 0 radical (unpaired) electrons. The fourth-order valence-corrected chi connectivity index (χ4v) is 3.58. The number of rotatable bonds is 2. The molecule has 0 bridgehead atoms. The molecule has 148 valence electrons. The number of carbonyl (C=O) groups excluding carboxylic acids is 1. The van der Waals surface area contributed by atoms with E-state index in [0.29, 0.717) is 46.2 Å². The smallest absolute Gasteiger partial charge is 0.395 e. The number of halogens is 3. The molecule has 3 aromatic rings. The largest absolute Gasteiger partial charge is 0.586 e. The fourth-order valence-electron chi connectivity index (χ4n) is 3.43. The van der Waals surface area contributed by atoms with E-state index in [2.05, 4.69) is 19.4 Å². The van der Waals surface area contributed by atoms with Crippen molar-refractivity contribution in [1.82, 2.24) is 9.97 Å². The van der Waals surface area contributed by atoms with E-state index in [9.17, 15) is 13.6 Å². The number of hydrogen-bond donors (Lipinski definition) is 1. The van der Waals surface area contributed by atoms with Crippen molar-refractivity contribution in [3.63, 3.8) is 0 Å². The van der Waals surface area contributed by atoms with Crippen LogP contribution in [-0.4, -0.2) is 52.2 Å². The Kier molecular flexibility index (Phi) is 4.04. The third-order valence-electron chi connectivity index (χ3n) is 4.74. The molecular formula is C19H13ClF2N3O4+. The average molecular weight is 421 g/mol. The first kappa shape index (κ1) is 18.0. The first-order valence-corrected chi connectivity index (χ1v) is 9.08. The second kappa shape index (κ2) is 6.50. The van der Waals surface area contributed by atoms with Gasteiger partial charge in [-0.05, 0) is 30.3 Å². The molecule has 29 heavy (non-hydrogen) atoms. The zero-order valence-corrected chi connectivity index (χ0v) is 15.5. The molecule has 1 amide bonds. The van der Waals surface area contributed by atoms with Gasteiger partial charge in [0.1, 0.15) is 29.6 Å². The maximum absolute atomic E-state index is 13.3. The normalized spacial score (nSPS) is 17.8. The van der Waals surface area contributed by atoms with Gasteiger partial charge in [-0.2, -0.15) is 4.58 Å². The van der Waals surface area contributed by atoms with E-state index in [0.717, 1.165) is 0 Å². The highest BCUT2D eigenvalue weighted by molar-refractivity contribution is 6.29. The predicted molar refractivity (Wildman–Crippen MR) is 98.1 cm³/mol. The molecule has 2 aliphatic heterocycles.